The Kier molecular flexibility index (Phi) is 11.9. The molecule has 1 unspecified atom stereocenters. The topological polar surface area (TPSA) is 97.3 Å². The van der Waals surface area contributed by atoms with E-state index in [1.54, 1.807) is 37.1 Å². The first kappa shape index (κ1) is 28.0. The molecule has 2 amide bonds. The fraction of sp³-hybridized carbons (Fsp3) is 0.481. The summed E-state index contributed by atoms with van der Waals surface area (Å²) in [6.07, 6.45) is 1.38. The van der Waals surface area contributed by atoms with E-state index in [1.807, 2.05) is 30.3 Å². The number of carboxylic acids is 1. The van der Waals surface area contributed by atoms with Crippen molar-refractivity contribution in [1.82, 2.24) is 4.90 Å². The minimum absolute atomic E-state index is 0.198. The van der Waals surface area contributed by atoms with E-state index in [4.69, 9.17) is 14.2 Å². The van der Waals surface area contributed by atoms with Crippen molar-refractivity contribution < 1.29 is 28.9 Å². The van der Waals surface area contributed by atoms with Crippen LogP contribution in [-0.4, -0.2) is 61.5 Å². The van der Waals surface area contributed by atoms with Crippen LogP contribution in [0.4, 0.5) is 10.5 Å². The molecule has 0 aliphatic heterocycles. The molecular formula is C27H38N2O6. The van der Waals surface area contributed by atoms with E-state index in [9.17, 15) is 14.7 Å². The molecule has 0 spiro atoms. The molecule has 0 aromatic heterocycles. The van der Waals surface area contributed by atoms with E-state index in [0.717, 1.165) is 18.4 Å². The number of anilines is 1. The van der Waals surface area contributed by atoms with Gasteiger partial charge in [-0.25, -0.2) is 9.59 Å². The number of rotatable bonds is 15. The highest BCUT2D eigenvalue weighted by molar-refractivity contribution is 5.91. The number of amides is 2. The molecule has 2 N–H and O–H groups in total. The predicted molar refractivity (Wildman–Crippen MR) is 136 cm³/mol. The number of benzene rings is 2. The van der Waals surface area contributed by atoms with Crippen molar-refractivity contribution in [2.45, 2.75) is 46.1 Å². The number of urea groups is 1. The first-order valence-corrected chi connectivity index (χ1v) is 12.2. The van der Waals surface area contributed by atoms with E-state index in [1.165, 1.54) is 0 Å². The lowest BCUT2D eigenvalue weighted by atomic mass is 10.0. The SMILES string of the molecule is CCOC(Cc1ccc(OCCN(CC(CC)CC)C(=O)Nc2ccccc2OC)cc1)C(=O)O. The molecule has 0 fully saturated rings. The van der Waals surface area contributed by atoms with E-state index in [-0.39, 0.29) is 12.5 Å². The van der Waals surface area contributed by atoms with Crippen LogP contribution in [0.5, 0.6) is 11.5 Å². The fourth-order valence-corrected chi connectivity index (χ4v) is 3.70. The molecule has 0 aliphatic carbocycles. The average molecular weight is 487 g/mol. The average Bonchev–Trinajstić information content (AvgIpc) is 2.87. The lowest BCUT2D eigenvalue weighted by Gasteiger charge is -2.27. The minimum Gasteiger partial charge on any atom is -0.495 e. The van der Waals surface area contributed by atoms with Crippen molar-refractivity contribution in [3.05, 3.63) is 54.1 Å². The normalized spacial score (nSPS) is 11.7. The predicted octanol–water partition coefficient (Wildman–Crippen LogP) is 5.08. The Morgan fingerprint density at radius 2 is 1.71 bits per heavy atom. The van der Waals surface area contributed by atoms with Gasteiger partial charge in [0.25, 0.3) is 0 Å². The first-order chi connectivity index (χ1) is 16.9. The van der Waals surface area contributed by atoms with Gasteiger partial charge in [-0.15, -0.1) is 0 Å². The summed E-state index contributed by atoms with van der Waals surface area (Å²) < 4.78 is 16.5. The van der Waals surface area contributed by atoms with Crippen molar-refractivity contribution in [2.24, 2.45) is 5.92 Å². The second kappa shape index (κ2) is 14.9. The smallest absolute Gasteiger partial charge is 0.333 e. The summed E-state index contributed by atoms with van der Waals surface area (Å²) >= 11 is 0. The van der Waals surface area contributed by atoms with Gasteiger partial charge in [0.2, 0.25) is 0 Å². The summed E-state index contributed by atoms with van der Waals surface area (Å²) in [7, 11) is 1.57. The largest absolute Gasteiger partial charge is 0.495 e. The van der Waals surface area contributed by atoms with Crippen molar-refractivity contribution in [2.75, 3.05) is 38.7 Å². The Bertz CT molecular complexity index is 914. The summed E-state index contributed by atoms with van der Waals surface area (Å²) in [6, 6.07) is 14.4. The highest BCUT2D eigenvalue weighted by Crippen LogP contribution is 2.24. The molecule has 2 aromatic rings. The van der Waals surface area contributed by atoms with Crippen molar-refractivity contribution in [3.8, 4) is 11.5 Å². The molecular weight excluding hydrogens is 448 g/mol. The fourth-order valence-electron chi connectivity index (χ4n) is 3.70. The molecule has 0 saturated heterocycles. The van der Waals surface area contributed by atoms with Gasteiger partial charge >= 0.3 is 12.0 Å². The Labute approximate surface area is 208 Å². The van der Waals surface area contributed by atoms with Crippen LogP contribution in [0, 0.1) is 5.92 Å². The Hall–Kier alpha value is -3.26. The number of methoxy groups -OCH3 is 1. The number of aliphatic carboxylic acids is 1. The number of nitrogens with zero attached hydrogens (tertiary/aromatic N) is 1. The molecule has 1 atom stereocenters. The number of carbonyl (C=O) groups excluding carboxylic acids is 1. The van der Waals surface area contributed by atoms with Gasteiger partial charge in [-0.05, 0) is 42.7 Å². The van der Waals surface area contributed by atoms with Gasteiger partial charge in [-0.1, -0.05) is 51.0 Å². The third kappa shape index (κ3) is 9.13. The molecule has 8 heteroatoms. The number of para-hydroxylation sites is 2. The minimum atomic E-state index is -0.976. The third-order valence-corrected chi connectivity index (χ3v) is 5.89. The van der Waals surface area contributed by atoms with Crippen LogP contribution >= 0.6 is 0 Å². The number of ether oxygens (including phenoxy) is 3. The first-order valence-electron chi connectivity index (χ1n) is 12.2. The van der Waals surface area contributed by atoms with Crippen LogP contribution in [0.15, 0.2) is 48.5 Å². The molecule has 35 heavy (non-hydrogen) atoms. The second-order valence-electron chi connectivity index (χ2n) is 8.24. The van der Waals surface area contributed by atoms with E-state index in [0.29, 0.717) is 49.4 Å². The standard InChI is InChI=1S/C27H38N2O6/c1-5-20(6-2)19-29(27(32)28-23-10-8-9-11-24(23)33-4)16-17-35-22-14-12-21(13-15-22)18-25(26(30)31)34-7-3/h8-15,20,25H,5-7,16-19H2,1-4H3,(H,28,32)(H,30,31). The van der Waals surface area contributed by atoms with Gasteiger partial charge in [-0.2, -0.15) is 0 Å². The van der Waals surface area contributed by atoms with Gasteiger partial charge in [0.1, 0.15) is 18.1 Å². The Morgan fingerprint density at radius 1 is 1.03 bits per heavy atom. The highest BCUT2D eigenvalue weighted by atomic mass is 16.5. The number of hydrogen-bond acceptors (Lipinski definition) is 5. The monoisotopic (exact) mass is 486 g/mol. The van der Waals surface area contributed by atoms with Crippen molar-refractivity contribution >= 4 is 17.7 Å². The van der Waals surface area contributed by atoms with E-state index < -0.39 is 12.1 Å². The number of carbonyl (C=O) groups is 2. The van der Waals surface area contributed by atoms with Crippen molar-refractivity contribution in [3.63, 3.8) is 0 Å². The van der Waals surface area contributed by atoms with E-state index >= 15 is 0 Å². The number of carboxylic acid groups (broad SMARTS) is 1. The zero-order valence-corrected chi connectivity index (χ0v) is 21.2. The highest BCUT2D eigenvalue weighted by Gasteiger charge is 2.20. The van der Waals surface area contributed by atoms with Crippen LogP contribution in [0.1, 0.15) is 39.2 Å². The van der Waals surface area contributed by atoms with Crippen LogP contribution in [0.2, 0.25) is 0 Å². The molecule has 0 aliphatic rings. The second-order valence-corrected chi connectivity index (χ2v) is 8.24. The zero-order valence-electron chi connectivity index (χ0n) is 21.2. The third-order valence-electron chi connectivity index (χ3n) is 5.89. The maximum atomic E-state index is 13.1. The number of nitrogens with one attached hydrogen (secondary N) is 1. The summed E-state index contributed by atoms with van der Waals surface area (Å²) in [4.78, 5) is 26.2. The molecule has 8 nitrogen and oxygen atoms in total. The summed E-state index contributed by atoms with van der Waals surface area (Å²) in [5, 5.41) is 12.2. The maximum absolute atomic E-state index is 13.1. The molecule has 0 saturated carbocycles. The van der Waals surface area contributed by atoms with Crippen LogP contribution < -0.4 is 14.8 Å². The van der Waals surface area contributed by atoms with Gasteiger partial charge in [0, 0.05) is 19.6 Å². The quantitative estimate of drug-likeness (QED) is 0.365. The Balaban J connectivity index is 1.98. The van der Waals surface area contributed by atoms with Crippen LogP contribution in [0.25, 0.3) is 0 Å². The summed E-state index contributed by atoms with van der Waals surface area (Å²) in [5.41, 5.74) is 1.47. The van der Waals surface area contributed by atoms with Gasteiger partial charge in [-0.3, -0.25) is 0 Å². The molecule has 0 radical (unpaired) electrons. The summed E-state index contributed by atoms with van der Waals surface area (Å²) in [5.74, 6) is 0.681. The lowest BCUT2D eigenvalue weighted by Crippen LogP contribution is -2.41. The molecule has 0 bridgehead atoms. The Morgan fingerprint density at radius 3 is 2.31 bits per heavy atom. The van der Waals surface area contributed by atoms with E-state index in [2.05, 4.69) is 19.2 Å². The number of hydrogen-bond donors (Lipinski definition) is 2. The van der Waals surface area contributed by atoms with Gasteiger partial charge in [0.05, 0.1) is 19.3 Å². The zero-order chi connectivity index (χ0) is 25.6. The molecule has 2 aromatic carbocycles. The molecule has 192 valence electrons. The van der Waals surface area contributed by atoms with Crippen LogP contribution in [0.3, 0.4) is 0 Å². The van der Waals surface area contributed by atoms with Gasteiger partial charge < -0.3 is 29.5 Å². The summed E-state index contributed by atoms with van der Waals surface area (Å²) in [6.45, 7) is 7.75. The van der Waals surface area contributed by atoms with Crippen LogP contribution in [-0.2, 0) is 16.0 Å². The van der Waals surface area contributed by atoms with Gasteiger partial charge in [0.15, 0.2) is 6.10 Å². The lowest BCUT2D eigenvalue weighted by molar-refractivity contribution is -0.149. The van der Waals surface area contributed by atoms with Crippen molar-refractivity contribution in [1.29, 1.82) is 0 Å². The molecule has 0 heterocycles. The molecule has 2 rings (SSSR count). The maximum Gasteiger partial charge on any atom is 0.333 e.